The second-order valence-corrected chi connectivity index (χ2v) is 4.99. The van der Waals surface area contributed by atoms with Crippen LogP contribution in [-0.4, -0.2) is 38.4 Å². The van der Waals surface area contributed by atoms with E-state index in [1.165, 1.54) is 4.90 Å². The fourth-order valence-corrected chi connectivity index (χ4v) is 2.74. The van der Waals surface area contributed by atoms with Gasteiger partial charge < -0.3 is 15.0 Å². The lowest BCUT2D eigenvalue weighted by atomic mass is 9.92. The van der Waals surface area contributed by atoms with Crippen molar-refractivity contribution in [2.75, 3.05) is 6.54 Å². The first-order chi connectivity index (χ1) is 10.2. The number of carboxylic acid groups (broad SMARTS) is 1. The molecular formula is C15H15N3O3. The molecule has 1 unspecified atom stereocenters. The number of amides is 1. The van der Waals surface area contributed by atoms with Gasteiger partial charge in [0.15, 0.2) is 6.04 Å². The van der Waals surface area contributed by atoms with Gasteiger partial charge in [-0.05, 0) is 17.5 Å². The Bertz CT molecular complexity index is 667. The number of benzene rings is 1. The minimum atomic E-state index is -1.00. The van der Waals surface area contributed by atoms with Gasteiger partial charge in [0.05, 0.1) is 6.42 Å². The monoisotopic (exact) mass is 285 g/mol. The Morgan fingerprint density at radius 1 is 1.38 bits per heavy atom. The summed E-state index contributed by atoms with van der Waals surface area (Å²) >= 11 is 0. The van der Waals surface area contributed by atoms with Crippen LogP contribution in [0.5, 0.6) is 0 Å². The number of imidazole rings is 1. The largest absolute Gasteiger partial charge is 0.479 e. The molecule has 21 heavy (non-hydrogen) atoms. The van der Waals surface area contributed by atoms with Gasteiger partial charge in [-0.15, -0.1) is 0 Å². The van der Waals surface area contributed by atoms with Gasteiger partial charge in [0.1, 0.15) is 5.82 Å². The van der Waals surface area contributed by atoms with Gasteiger partial charge in [0.25, 0.3) is 0 Å². The molecule has 0 radical (unpaired) electrons. The van der Waals surface area contributed by atoms with Crippen molar-refractivity contribution < 1.29 is 14.7 Å². The highest BCUT2D eigenvalue weighted by Gasteiger charge is 2.35. The fourth-order valence-electron chi connectivity index (χ4n) is 2.74. The average Bonchev–Trinajstić information content (AvgIpc) is 2.98. The Kier molecular flexibility index (Phi) is 3.43. The lowest BCUT2D eigenvalue weighted by Crippen LogP contribution is -2.44. The number of fused-ring (bicyclic) bond motifs is 1. The topological polar surface area (TPSA) is 86.3 Å². The van der Waals surface area contributed by atoms with Crippen molar-refractivity contribution in [1.29, 1.82) is 0 Å². The van der Waals surface area contributed by atoms with Crippen molar-refractivity contribution in [3.63, 3.8) is 0 Å². The first-order valence-electron chi connectivity index (χ1n) is 6.75. The molecule has 2 N–H and O–H groups in total. The van der Waals surface area contributed by atoms with Gasteiger partial charge in [-0.1, -0.05) is 24.3 Å². The van der Waals surface area contributed by atoms with Crippen LogP contribution in [0.2, 0.25) is 0 Å². The van der Waals surface area contributed by atoms with Crippen LogP contribution in [0.25, 0.3) is 0 Å². The zero-order valence-electron chi connectivity index (χ0n) is 11.3. The standard InChI is InChI=1S/C15H15N3O3/c19-13(9-12-16-6-7-17-12)18-8-5-10-3-1-2-4-11(10)14(18)15(20)21/h1-4,6-7,14H,5,8-9H2,(H,16,17)(H,20,21). The zero-order valence-corrected chi connectivity index (χ0v) is 11.3. The number of carbonyl (C=O) groups excluding carboxylic acids is 1. The van der Waals surface area contributed by atoms with E-state index < -0.39 is 12.0 Å². The maximum Gasteiger partial charge on any atom is 0.331 e. The summed E-state index contributed by atoms with van der Waals surface area (Å²) < 4.78 is 0. The lowest BCUT2D eigenvalue weighted by Gasteiger charge is -2.34. The van der Waals surface area contributed by atoms with Gasteiger partial charge in [-0.3, -0.25) is 4.79 Å². The normalized spacial score (nSPS) is 17.3. The van der Waals surface area contributed by atoms with Gasteiger partial charge in [0.2, 0.25) is 5.91 Å². The zero-order chi connectivity index (χ0) is 14.8. The Morgan fingerprint density at radius 2 is 2.19 bits per heavy atom. The molecule has 1 amide bonds. The maximum absolute atomic E-state index is 12.4. The molecule has 0 aliphatic carbocycles. The number of carboxylic acids is 1. The van der Waals surface area contributed by atoms with Crippen LogP contribution in [0.15, 0.2) is 36.7 Å². The van der Waals surface area contributed by atoms with Gasteiger partial charge >= 0.3 is 5.97 Å². The van der Waals surface area contributed by atoms with E-state index in [4.69, 9.17) is 0 Å². The van der Waals surface area contributed by atoms with E-state index in [9.17, 15) is 14.7 Å². The van der Waals surface area contributed by atoms with E-state index >= 15 is 0 Å². The van der Waals surface area contributed by atoms with Crippen LogP contribution in [-0.2, 0) is 22.4 Å². The third-order valence-corrected chi connectivity index (χ3v) is 3.71. The van der Waals surface area contributed by atoms with Crippen molar-refractivity contribution >= 4 is 11.9 Å². The molecule has 1 atom stereocenters. The Balaban J connectivity index is 1.88. The number of carbonyl (C=O) groups is 2. The smallest absolute Gasteiger partial charge is 0.331 e. The second kappa shape index (κ2) is 5.40. The number of H-pyrrole nitrogens is 1. The van der Waals surface area contributed by atoms with Crippen molar-refractivity contribution in [1.82, 2.24) is 14.9 Å². The Labute approximate surface area is 121 Å². The predicted molar refractivity (Wildman–Crippen MR) is 74.5 cm³/mol. The minimum absolute atomic E-state index is 0.0823. The number of hydrogen-bond acceptors (Lipinski definition) is 3. The Hall–Kier alpha value is -2.63. The molecular weight excluding hydrogens is 270 g/mol. The van der Waals surface area contributed by atoms with E-state index in [0.717, 1.165) is 5.56 Å². The molecule has 3 rings (SSSR count). The highest BCUT2D eigenvalue weighted by atomic mass is 16.4. The SMILES string of the molecule is O=C(O)C1c2ccccc2CCN1C(=O)Cc1ncc[nH]1. The first-order valence-corrected chi connectivity index (χ1v) is 6.75. The number of aliphatic carboxylic acids is 1. The van der Waals surface area contributed by atoms with Crippen LogP contribution >= 0.6 is 0 Å². The highest BCUT2D eigenvalue weighted by Crippen LogP contribution is 2.30. The van der Waals surface area contributed by atoms with Crippen LogP contribution in [0.4, 0.5) is 0 Å². The summed E-state index contributed by atoms with van der Waals surface area (Å²) in [5.74, 6) is -0.690. The van der Waals surface area contributed by atoms with Crippen LogP contribution in [0.1, 0.15) is 23.0 Å². The summed E-state index contributed by atoms with van der Waals surface area (Å²) in [5.41, 5.74) is 1.69. The molecule has 0 bridgehead atoms. The molecule has 1 aromatic heterocycles. The lowest BCUT2D eigenvalue weighted by molar-refractivity contribution is -0.151. The summed E-state index contributed by atoms with van der Waals surface area (Å²) in [6.45, 7) is 0.410. The molecule has 0 saturated carbocycles. The number of aromatic amines is 1. The molecule has 6 nitrogen and oxygen atoms in total. The van der Waals surface area contributed by atoms with Gasteiger partial charge in [0, 0.05) is 18.9 Å². The molecule has 1 aliphatic rings. The molecule has 0 fully saturated rings. The number of rotatable bonds is 3. The van der Waals surface area contributed by atoms with Gasteiger partial charge in [-0.25, -0.2) is 9.78 Å². The van der Waals surface area contributed by atoms with E-state index in [1.807, 2.05) is 12.1 Å². The average molecular weight is 285 g/mol. The summed E-state index contributed by atoms with van der Waals surface area (Å²) in [7, 11) is 0. The molecule has 1 aliphatic heterocycles. The summed E-state index contributed by atoms with van der Waals surface area (Å²) in [6, 6.07) is 6.46. The number of aromatic nitrogens is 2. The predicted octanol–water partition coefficient (Wildman–Crippen LogP) is 1.16. The third kappa shape index (κ3) is 2.52. The van der Waals surface area contributed by atoms with E-state index in [0.29, 0.717) is 24.4 Å². The summed E-state index contributed by atoms with van der Waals surface area (Å²) in [4.78, 5) is 32.3. The molecule has 6 heteroatoms. The molecule has 108 valence electrons. The van der Waals surface area contributed by atoms with Crippen molar-refractivity contribution in [2.24, 2.45) is 0 Å². The number of hydrogen-bond donors (Lipinski definition) is 2. The van der Waals surface area contributed by atoms with Crippen molar-refractivity contribution in [3.05, 3.63) is 53.6 Å². The number of nitrogens with one attached hydrogen (secondary N) is 1. The summed E-state index contributed by atoms with van der Waals surface area (Å²) in [5, 5.41) is 9.51. The van der Waals surface area contributed by atoms with Crippen molar-refractivity contribution in [3.8, 4) is 0 Å². The summed E-state index contributed by atoms with van der Waals surface area (Å²) in [6.07, 6.45) is 3.97. The van der Waals surface area contributed by atoms with Crippen LogP contribution in [0.3, 0.4) is 0 Å². The van der Waals surface area contributed by atoms with Crippen LogP contribution < -0.4 is 0 Å². The van der Waals surface area contributed by atoms with Crippen LogP contribution in [0, 0.1) is 0 Å². The number of nitrogens with zero attached hydrogens (tertiary/aromatic N) is 2. The van der Waals surface area contributed by atoms with Gasteiger partial charge in [-0.2, -0.15) is 0 Å². The molecule has 2 heterocycles. The molecule has 0 spiro atoms. The van der Waals surface area contributed by atoms with Crippen molar-refractivity contribution in [2.45, 2.75) is 18.9 Å². The van der Waals surface area contributed by atoms with E-state index in [2.05, 4.69) is 9.97 Å². The highest BCUT2D eigenvalue weighted by molar-refractivity contribution is 5.86. The minimum Gasteiger partial charge on any atom is -0.479 e. The Morgan fingerprint density at radius 3 is 2.90 bits per heavy atom. The molecule has 1 aromatic carbocycles. The third-order valence-electron chi connectivity index (χ3n) is 3.71. The molecule has 0 saturated heterocycles. The van der Waals surface area contributed by atoms with E-state index in [1.54, 1.807) is 24.5 Å². The maximum atomic E-state index is 12.4. The fraction of sp³-hybridized carbons (Fsp3) is 0.267. The second-order valence-electron chi connectivity index (χ2n) is 4.99. The first kappa shape index (κ1) is 13.4. The molecule has 2 aromatic rings. The quantitative estimate of drug-likeness (QED) is 0.886. The van der Waals surface area contributed by atoms with E-state index in [-0.39, 0.29) is 12.3 Å².